The molecule has 2 aromatic carbocycles. The molecule has 2 aromatic rings. The quantitative estimate of drug-likeness (QED) is 0.719. The maximum atomic E-state index is 5.55. The Labute approximate surface area is 167 Å². The summed E-state index contributed by atoms with van der Waals surface area (Å²) in [5.41, 5.74) is 2.63. The van der Waals surface area contributed by atoms with E-state index in [1.807, 2.05) is 6.07 Å². The Kier molecular flexibility index (Phi) is 7.63. The first-order valence-electron chi connectivity index (χ1n) is 9.69. The molecule has 2 atom stereocenters. The number of benzene rings is 2. The van der Waals surface area contributed by atoms with Crippen molar-refractivity contribution in [3.8, 4) is 0 Å². The van der Waals surface area contributed by atoms with Crippen molar-refractivity contribution in [2.24, 2.45) is 0 Å². The standard InChI is InChI=1S/C22H29N3OS/c1-18(24-22(27)23-13-12-19-8-4-2-5-9-19)21(20-10-6-3-7-11-20)25-14-16-26-17-15-25/h2-11,18,21H,12-17H2,1H3,(H2,23,24,27)/t18-,21+/m0/s1. The van der Waals surface area contributed by atoms with Crippen LogP contribution in [0.15, 0.2) is 60.7 Å². The summed E-state index contributed by atoms with van der Waals surface area (Å²) in [5.74, 6) is 0. The van der Waals surface area contributed by atoms with Gasteiger partial charge in [0.2, 0.25) is 0 Å². The number of morpholine rings is 1. The van der Waals surface area contributed by atoms with Gasteiger partial charge in [0.05, 0.1) is 19.3 Å². The van der Waals surface area contributed by atoms with E-state index in [0.29, 0.717) is 5.11 Å². The summed E-state index contributed by atoms with van der Waals surface area (Å²) < 4.78 is 5.54. The topological polar surface area (TPSA) is 36.5 Å². The largest absolute Gasteiger partial charge is 0.379 e. The second kappa shape index (κ2) is 10.4. The molecular formula is C22H29N3OS. The highest BCUT2D eigenvalue weighted by atomic mass is 32.1. The van der Waals surface area contributed by atoms with Crippen LogP contribution in [0.5, 0.6) is 0 Å². The highest BCUT2D eigenvalue weighted by Gasteiger charge is 2.27. The molecule has 0 bridgehead atoms. The van der Waals surface area contributed by atoms with Crippen molar-refractivity contribution < 1.29 is 4.74 Å². The van der Waals surface area contributed by atoms with Crippen LogP contribution >= 0.6 is 12.2 Å². The molecule has 1 aliphatic heterocycles. The first-order chi connectivity index (χ1) is 13.2. The molecule has 0 aromatic heterocycles. The van der Waals surface area contributed by atoms with E-state index in [-0.39, 0.29) is 12.1 Å². The summed E-state index contributed by atoms with van der Waals surface area (Å²) in [5, 5.41) is 7.56. The Morgan fingerprint density at radius 1 is 1.04 bits per heavy atom. The minimum Gasteiger partial charge on any atom is -0.379 e. The van der Waals surface area contributed by atoms with Crippen molar-refractivity contribution in [2.45, 2.75) is 25.4 Å². The minimum absolute atomic E-state index is 0.197. The fourth-order valence-electron chi connectivity index (χ4n) is 3.62. The van der Waals surface area contributed by atoms with Gasteiger partial charge < -0.3 is 15.4 Å². The van der Waals surface area contributed by atoms with Gasteiger partial charge in [-0.2, -0.15) is 0 Å². The molecule has 4 nitrogen and oxygen atoms in total. The summed E-state index contributed by atoms with van der Waals surface area (Å²) in [7, 11) is 0. The molecule has 0 unspecified atom stereocenters. The lowest BCUT2D eigenvalue weighted by atomic mass is 9.98. The molecule has 1 fully saturated rings. The molecule has 1 saturated heterocycles. The Hall–Kier alpha value is -1.95. The van der Waals surface area contributed by atoms with E-state index >= 15 is 0 Å². The Morgan fingerprint density at radius 3 is 2.33 bits per heavy atom. The van der Waals surface area contributed by atoms with Gasteiger partial charge in [-0.05, 0) is 36.7 Å². The van der Waals surface area contributed by atoms with E-state index in [0.717, 1.165) is 39.3 Å². The lowest BCUT2D eigenvalue weighted by molar-refractivity contribution is 0.0102. The van der Waals surface area contributed by atoms with Crippen molar-refractivity contribution >= 4 is 17.3 Å². The van der Waals surface area contributed by atoms with Gasteiger partial charge in [0.1, 0.15) is 0 Å². The zero-order valence-corrected chi connectivity index (χ0v) is 16.8. The summed E-state index contributed by atoms with van der Waals surface area (Å²) >= 11 is 5.55. The fourth-order valence-corrected chi connectivity index (χ4v) is 3.91. The predicted octanol–water partition coefficient (Wildman–Crippen LogP) is 3.16. The molecular weight excluding hydrogens is 354 g/mol. The van der Waals surface area contributed by atoms with Crippen molar-refractivity contribution in [1.29, 1.82) is 0 Å². The van der Waals surface area contributed by atoms with Crippen molar-refractivity contribution in [1.82, 2.24) is 15.5 Å². The van der Waals surface area contributed by atoms with Crippen LogP contribution in [0.1, 0.15) is 24.1 Å². The van der Waals surface area contributed by atoms with Crippen LogP contribution in [-0.4, -0.2) is 48.9 Å². The second-order valence-corrected chi connectivity index (χ2v) is 7.34. The lowest BCUT2D eigenvalue weighted by Crippen LogP contribution is -2.50. The number of nitrogens with zero attached hydrogens (tertiary/aromatic N) is 1. The second-order valence-electron chi connectivity index (χ2n) is 6.93. The molecule has 1 heterocycles. The molecule has 0 amide bonds. The lowest BCUT2D eigenvalue weighted by Gasteiger charge is -2.38. The summed E-state index contributed by atoms with van der Waals surface area (Å²) in [4.78, 5) is 2.49. The highest BCUT2D eigenvalue weighted by molar-refractivity contribution is 7.80. The Balaban J connectivity index is 1.56. The van der Waals surface area contributed by atoms with Crippen LogP contribution in [0.3, 0.4) is 0 Å². The number of rotatable bonds is 7. The molecule has 3 rings (SSSR count). The molecule has 5 heteroatoms. The predicted molar refractivity (Wildman–Crippen MR) is 115 cm³/mol. The first kappa shape index (κ1) is 19.8. The van der Waals surface area contributed by atoms with Gasteiger partial charge in [-0.25, -0.2) is 0 Å². The van der Waals surface area contributed by atoms with Gasteiger partial charge >= 0.3 is 0 Å². The summed E-state index contributed by atoms with van der Waals surface area (Å²) in [6.07, 6.45) is 0.961. The van der Waals surface area contributed by atoms with Gasteiger partial charge in [0, 0.05) is 25.7 Å². The smallest absolute Gasteiger partial charge is 0.166 e. The zero-order valence-electron chi connectivity index (χ0n) is 15.9. The molecule has 0 saturated carbocycles. The van der Waals surface area contributed by atoms with E-state index in [2.05, 4.69) is 77.1 Å². The molecule has 0 aliphatic carbocycles. The van der Waals surface area contributed by atoms with E-state index in [1.165, 1.54) is 11.1 Å². The maximum absolute atomic E-state index is 5.55. The maximum Gasteiger partial charge on any atom is 0.166 e. The first-order valence-corrected chi connectivity index (χ1v) is 10.1. The SMILES string of the molecule is C[C@H](NC(=S)NCCc1ccccc1)[C@H](c1ccccc1)N1CCOCC1. The Morgan fingerprint density at radius 2 is 1.67 bits per heavy atom. The molecule has 27 heavy (non-hydrogen) atoms. The number of hydrogen-bond acceptors (Lipinski definition) is 3. The van der Waals surface area contributed by atoms with Gasteiger partial charge in [0.15, 0.2) is 5.11 Å². The summed E-state index contributed by atoms with van der Waals surface area (Å²) in [6.45, 7) is 6.50. The van der Waals surface area contributed by atoms with E-state index < -0.39 is 0 Å². The molecule has 1 aliphatic rings. The van der Waals surface area contributed by atoms with Crippen LogP contribution < -0.4 is 10.6 Å². The number of hydrogen-bond donors (Lipinski definition) is 2. The van der Waals surface area contributed by atoms with Crippen molar-refractivity contribution in [2.75, 3.05) is 32.8 Å². The van der Waals surface area contributed by atoms with E-state index in [4.69, 9.17) is 17.0 Å². The van der Waals surface area contributed by atoms with Crippen LogP contribution in [-0.2, 0) is 11.2 Å². The summed E-state index contributed by atoms with van der Waals surface area (Å²) in [6, 6.07) is 21.6. The van der Waals surface area contributed by atoms with Gasteiger partial charge in [-0.3, -0.25) is 4.90 Å². The van der Waals surface area contributed by atoms with Gasteiger partial charge in [0.25, 0.3) is 0 Å². The third-order valence-corrected chi connectivity index (χ3v) is 5.22. The third kappa shape index (κ3) is 6.03. The van der Waals surface area contributed by atoms with E-state index in [9.17, 15) is 0 Å². The Bertz CT molecular complexity index is 689. The van der Waals surface area contributed by atoms with Crippen LogP contribution in [0.2, 0.25) is 0 Å². The molecule has 0 spiro atoms. The third-order valence-electron chi connectivity index (χ3n) is 4.95. The average Bonchev–Trinajstić information content (AvgIpc) is 2.70. The average molecular weight is 384 g/mol. The van der Waals surface area contributed by atoms with Crippen molar-refractivity contribution in [3.05, 3.63) is 71.8 Å². The minimum atomic E-state index is 0.197. The number of thiocarbonyl (C=S) groups is 1. The van der Waals surface area contributed by atoms with Gasteiger partial charge in [-0.1, -0.05) is 60.7 Å². The van der Waals surface area contributed by atoms with Crippen LogP contribution in [0.4, 0.5) is 0 Å². The van der Waals surface area contributed by atoms with Gasteiger partial charge in [-0.15, -0.1) is 0 Å². The number of nitrogens with one attached hydrogen (secondary N) is 2. The highest BCUT2D eigenvalue weighted by Crippen LogP contribution is 2.25. The molecule has 144 valence electrons. The zero-order chi connectivity index (χ0) is 18.9. The van der Waals surface area contributed by atoms with E-state index in [1.54, 1.807) is 0 Å². The molecule has 2 N–H and O–H groups in total. The van der Waals surface area contributed by atoms with Crippen molar-refractivity contribution in [3.63, 3.8) is 0 Å². The van der Waals surface area contributed by atoms with Crippen LogP contribution in [0.25, 0.3) is 0 Å². The normalized spacial score (nSPS) is 17.1. The fraction of sp³-hybridized carbons (Fsp3) is 0.409. The molecule has 0 radical (unpaired) electrons. The monoisotopic (exact) mass is 383 g/mol. The van der Waals surface area contributed by atoms with Crippen LogP contribution in [0, 0.1) is 0 Å². The number of ether oxygens (including phenoxy) is 1.